The number of hydrogen-bond donors (Lipinski definition) is 6. The molecule has 0 aliphatic rings. The average Bonchev–Trinajstić information content (AvgIpc) is 2.79. The molecule has 0 bridgehead atoms. The zero-order chi connectivity index (χ0) is 24.4. The topological polar surface area (TPSA) is 162 Å². The second-order valence-corrected chi connectivity index (χ2v) is 7.66. The minimum atomic E-state index is -1.11. The van der Waals surface area contributed by atoms with E-state index in [-0.39, 0.29) is 57.4 Å². The van der Waals surface area contributed by atoms with E-state index in [1.165, 1.54) is 4.90 Å². The summed E-state index contributed by atoms with van der Waals surface area (Å²) in [6.45, 7) is -1.45. The summed E-state index contributed by atoms with van der Waals surface area (Å²) in [5, 5.41) is 58.8. The molecule has 0 amide bonds. The summed E-state index contributed by atoms with van der Waals surface area (Å²) in [7, 11) is 0. The van der Waals surface area contributed by atoms with Gasteiger partial charge in [0.05, 0.1) is 32.9 Å². The molecule has 0 heterocycles. The lowest BCUT2D eigenvalue weighted by molar-refractivity contribution is -0.138. The number of aliphatic carboxylic acids is 1. The van der Waals surface area contributed by atoms with Crippen LogP contribution in [0.1, 0.15) is 22.3 Å². The Labute approximate surface area is 191 Å². The Morgan fingerprint density at radius 2 is 1.39 bits per heavy atom. The molecule has 0 fully saturated rings. The van der Waals surface area contributed by atoms with Crippen LogP contribution in [0.4, 0.5) is 0 Å². The summed E-state index contributed by atoms with van der Waals surface area (Å²) in [4.78, 5) is 25.9. The number of aldehydes is 1. The van der Waals surface area contributed by atoms with Gasteiger partial charge in [-0.3, -0.25) is 14.6 Å². The highest BCUT2D eigenvalue weighted by Gasteiger charge is 2.24. The van der Waals surface area contributed by atoms with Crippen LogP contribution in [0, 0.1) is 0 Å². The molecule has 10 heteroatoms. The number of para-hydroxylation sites is 2. The van der Waals surface area contributed by atoms with Crippen molar-refractivity contribution in [2.75, 3.05) is 26.2 Å². The van der Waals surface area contributed by atoms with Gasteiger partial charge >= 0.3 is 5.97 Å². The van der Waals surface area contributed by atoms with Gasteiger partial charge in [0.1, 0.15) is 17.8 Å². The number of carbonyl (C=O) groups is 2. The van der Waals surface area contributed by atoms with Crippen LogP contribution in [-0.2, 0) is 35.9 Å². The molecule has 10 nitrogen and oxygen atoms in total. The van der Waals surface area contributed by atoms with E-state index in [0.717, 1.165) is 0 Å². The smallest absolute Gasteiger partial charge is 0.317 e. The summed E-state index contributed by atoms with van der Waals surface area (Å²) in [5.74, 6) is -1.35. The Kier molecular flexibility index (Phi) is 10.2. The number of phenols is 2. The normalized spacial score (nSPS) is 12.3. The van der Waals surface area contributed by atoms with Gasteiger partial charge < -0.3 is 35.4 Å². The summed E-state index contributed by atoms with van der Waals surface area (Å²) in [5.41, 5.74) is 1.49. The van der Waals surface area contributed by atoms with Crippen LogP contribution in [0.3, 0.4) is 0 Å². The van der Waals surface area contributed by atoms with E-state index in [2.05, 4.69) is 0 Å². The van der Waals surface area contributed by atoms with Gasteiger partial charge in [0.2, 0.25) is 0 Å². The van der Waals surface area contributed by atoms with Gasteiger partial charge in [-0.2, -0.15) is 0 Å². The first-order valence-corrected chi connectivity index (χ1v) is 10.4. The number of rotatable bonds is 14. The number of aromatic hydroxyl groups is 2. The molecule has 6 N–H and O–H groups in total. The second kappa shape index (κ2) is 12.9. The van der Waals surface area contributed by atoms with E-state index in [9.17, 15) is 40.2 Å². The first-order valence-electron chi connectivity index (χ1n) is 10.4. The van der Waals surface area contributed by atoms with Gasteiger partial charge in [0, 0.05) is 47.9 Å². The lowest BCUT2D eigenvalue weighted by Crippen LogP contribution is -2.47. The van der Waals surface area contributed by atoms with Crippen LogP contribution in [-0.4, -0.2) is 85.0 Å². The fourth-order valence-corrected chi connectivity index (χ4v) is 3.66. The molecule has 0 saturated carbocycles. The summed E-state index contributed by atoms with van der Waals surface area (Å²) >= 11 is 0. The number of carbonyl (C=O) groups excluding carboxylic acids is 1. The summed E-state index contributed by atoms with van der Waals surface area (Å²) in [6, 6.07) is 8.98. The van der Waals surface area contributed by atoms with E-state index < -0.39 is 18.6 Å². The van der Waals surface area contributed by atoms with Gasteiger partial charge in [-0.25, -0.2) is 0 Å². The molecule has 0 spiro atoms. The lowest BCUT2D eigenvalue weighted by atomic mass is 10.1. The van der Waals surface area contributed by atoms with Crippen LogP contribution in [0.2, 0.25) is 0 Å². The molecule has 0 aromatic heterocycles. The van der Waals surface area contributed by atoms with Crippen molar-refractivity contribution in [3.8, 4) is 11.5 Å². The first-order chi connectivity index (χ1) is 15.8. The predicted molar refractivity (Wildman–Crippen MR) is 118 cm³/mol. The van der Waals surface area contributed by atoms with Gasteiger partial charge in [0.15, 0.2) is 0 Å². The maximum atomic E-state index is 11.4. The van der Waals surface area contributed by atoms with E-state index in [0.29, 0.717) is 28.5 Å². The number of aliphatic hydroxyl groups excluding tert-OH is 3. The third-order valence-electron chi connectivity index (χ3n) is 5.38. The molecule has 2 aromatic rings. The van der Waals surface area contributed by atoms with Crippen LogP contribution in [0.25, 0.3) is 0 Å². The fraction of sp³-hybridized carbons (Fsp3) is 0.391. The number of aliphatic hydroxyl groups is 3. The summed E-state index contributed by atoms with van der Waals surface area (Å²) < 4.78 is 0. The highest BCUT2D eigenvalue weighted by molar-refractivity contribution is 5.69. The van der Waals surface area contributed by atoms with Crippen molar-refractivity contribution in [3.05, 3.63) is 58.7 Å². The van der Waals surface area contributed by atoms with Gasteiger partial charge in [-0.15, -0.1) is 0 Å². The second-order valence-electron chi connectivity index (χ2n) is 7.66. The molecule has 0 saturated heterocycles. The third kappa shape index (κ3) is 7.24. The number of hydrogen-bond acceptors (Lipinski definition) is 9. The van der Waals surface area contributed by atoms with Crippen LogP contribution in [0.15, 0.2) is 36.4 Å². The third-order valence-corrected chi connectivity index (χ3v) is 5.38. The Morgan fingerprint density at radius 3 is 1.85 bits per heavy atom. The molecule has 1 atom stereocenters. The molecule has 1 unspecified atom stereocenters. The molecule has 0 aliphatic heterocycles. The minimum Gasteiger partial charge on any atom is -0.507 e. The molecule has 2 rings (SSSR count). The Hall–Kier alpha value is -3.02. The van der Waals surface area contributed by atoms with Crippen molar-refractivity contribution in [3.63, 3.8) is 0 Å². The lowest BCUT2D eigenvalue weighted by Gasteiger charge is -2.33. The number of benzene rings is 2. The zero-order valence-electron chi connectivity index (χ0n) is 18.2. The minimum absolute atomic E-state index is 0.0304. The monoisotopic (exact) mass is 462 g/mol. The number of carboxylic acid groups (broad SMARTS) is 1. The van der Waals surface area contributed by atoms with Gasteiger partial charge in [-0.1, -0.05) is 36.4 Å². The fourth-order valence-electron chi connectivity index (χ4n) is 3.66. The van der Waals surface area contributed by atoms with E-state index in [4.69, 9.17) is 0 Å². The van der Waals surface area contributed by atoms with Crippen molar-refractivity contribution >= 4 is 12.3 Å². The highest BCUT2D eigenvalue weighted by atomic mass is 16.4. The van der Waals surface area contributed by atoms with E-state index >= 15 is 0 Å². The molecule has 33 heavy (non-hydrogen) atoms. The number of carboxylic acids is 1. The molecule has 0 aliphatic carbocycles. The largest absolute Gasteiger partial charge is 0.507 e. The van der Waals surface area contributed by atoms with Crippen LogP contribution < -0.4 is 0 Å². The molecule has 2 aromatic carbocycles. The Morgan fingerprint density at radius 1 is 0.879 bits per heavy atom. The molecular formula is C23H30N2O8. The average molecular weight is 462 g/mol. The summed E-state index contributed by atoms with van der Waals surface area (Å²) in [6.07, 6.45) is 0.647. The predicted octanol–water partition coefficient (Wildman–Crippen LogP) is 0.0310. The quantitative estimate of drug-likeness (QED) is 0.211. The maximum Gasteiger partial charge on any atom is 0.317 e. The molecular weight excluding hydrogens is 432 g/mol. The Balaban J connectivity index is 2.27. The number of nitrogens with zero attached hydrogens (tertiary/aromatic N) is 2. The standard InChI is InChI=1S/C23H30N2O8/c26-8-7-25(10-17-4-2-6-19(14-28)23(17)33)20(15-29)11-24(12-21(30)31)9-16-3-1-5-18(13-27)22(16)32/h1-6,8,20,27-29,32-33H,7,9-15H2,(H,30,31). The maximum absolute atomic E-state index is 11.4. The van der Waals surface area contributed by atoms with Crippen molar-refractivity contribution in [1.82, 2.24) is 9.80 Å². The Bertz CT molecular complexity index is 937. The van der Waals surface area contributed by atoms with Crippen molar-refractivity contribution in [1.29, 1.82) is 0 Å². The first kappa shape index (κ1) is 26.2. The molecule has 0 radical (unpaired) electrons. The van der Waals surface area contributed by atoms with E-state index in [1.807, 2.05) is 0 Å². The van der Waals surface area contributed by atoms with Crippen molar-refractivity contribution in [2.24, 2.45) is 0 Å². The highest BCUT2D eigenvalue weighted by Crippen LogP contribution is 2.26. The molecule has 180 valence electrons. The van der Waals surface area contributed by atoms with Gasteiger partial charge in [0.25, 0.3) is 0 Å². The zero-order valence-corrected chi connectivity index (χ0v) is 18.2. The van der Waals surface area contributed by atoms with Crippen molar-refractivity contribution in [2.45, 2.75) is 32.3 Å². The SMILES string of the molecule is O=CCN(Cc1cccc(CO)c1O)C(CO)CN(CC(=O)O)Cc1cccc(CO)c1O. The van der Waals surface area contributed by atoms with Crippen LogP contribution in [0.5, 0.6) is 11.5 Å². The van der Waals surface area contributed by atoms with Gasteiger partial charge in [-0.05, 0) is 0 Å². The van der Waals surface area contributed by atoms with Crippen LogP contribution >= 0.6 is 0 Å². The van der Waals surface area contributed by atoms with E-state index in [1.54, 1.807) is 41.3 Å². The van der Waals surface area contributed by atoms with Crippen molar-refractivity contribution < 1.29 is 40.2 Å².